The lowest BCUT2D eigenvalue weighted by atomic mass is 9.87. The summed E-state index contributed by atoms with van der Waals surface area (Å²) in [6.45, 7) is 6.86. The van der Waals surface area contributed by atoms with Crippen molar-refractivity contribution in [3.63, 3.8) is 0 Å². The molecule has 3 N–H and O–H groups in total. The largest absolute Gasteiger partial charge is 0.467 e. The minimum Gasteiger partial charge on any atom is -0.467 e. The number of carbonyl (C=O) groups is 4. The second kappa shape index (κ2) is 14.0. The number of carbonyl (C=O) groups excluding carboxylic acids is 4. The zero-order valence-electron chi connectivity index (χ0n) is 21.6. The van der Waals surface area contributed by atoms with Gasteiger partial charge in [0.15, 0.2) is 0 Å². The maximum absolute atomic E-state index is 12.3. The first kappa shape index (κ1) is 28.6. The molecule has 194 valence electrons. The van der Waals surface area contributed by atoms with Crippen molar-refractivity contribution in [3.05, 3.63) is 71.3 Å². The van der Waals surface area contributed by atoms with Gasteiger partial charge in [-0.05, 0) is 35.1 Å². The van der Waals surface area contributed by atoms with Gasteiger partial charge in [-0.2, -0.15) is 0 Å². The van der Waals surface area contributed by atoms with Gasteiger partial charge in [0.25, 0.3) is 5.91 Å². The molecular formula is C28H37N3O5. The molecule has 0 heterocycles. The normalized spacial score (nSPS) is 11.8. The summed E-state index contributed by atoms with van der Waals surface area (Å²) < 4.78 is 4.80. The highest BCUT2D eigenvalue weighted by Gasteiger charge is 2.21. The van der Waals surface area contributed by atoms with E-state index in [1.165, 1.54) is 7.11 Å². The Bertz CT molecular complexity index is 1010. The molecule has 2 aromatic rings. The molecule has 1 atom stereocenters. The number of benzene rings is 2. The third-order valence-corrected chi connectivity index (χ3v) is 5.66. The second-order valence-electron chi connectivity index (χ2n) is 9.62. The number of ether oxygens (including phenoxy) is 1. The van der Waals surface area contributed by atoms with Crippen LogP contribution in [0.4, 0.5) is 0 Å². The molecule has 0 aromatic heterocycles. The van der Waals surface area contributed by atoms with Gasteiger partial charge >= 0.3 is 5.97 Å². The molecule has 1 unspecified atom stereocenters. The first-order valence-electron chi connectivity index (χ1n) is 12.2. The number of esters is 1. The van der Waals surface area contributed by atoms with Crippen molar-refractivity contribution in [3.8, 4) is 0 Å². The number of methoxy groups -OCH3 is 1. The Morgan fingerprint density at radius 3 is 2.11 bits per heavy atom. The molecule has 0 fully saturated rings. The molecule has 2 aromatic carbocycles. The lowest BCUT2D eigenvalue weighted by Gasteiger charge is -2.19. The minimum atomic E-state index is -0.771. The van der Waals surface area contributed by atoms with Crippen molar-refractivity contribution >= 4 is 23.7 Å². The summed E-state index contributed by atoms with van der Waals surface area (Å²) in [5, 5.41) is 8.19. The molecule has 36 heavy (non-hydrogen) atoms. The Morgan fingerprint density at radius 1 is 0.833 bits per heavy atom. The summed E-state index contributed by atoms with van der Waals surface area (Å²) in [6.07, 6.45) is 1.05. The zero-order valence-corrected chi connectivity index (χ0v) is 21.6. The molecule has 0 aliphatic heterocycles. The lowest BCUT2D eigenvalue weighted by Crippen LogP contribution is -2.43. The highest BCUT2D eigenvalue weighted by Crippen LogP contribution is 2.22. The Morgan fingerprint density at radius 2 is 1.50 bits per heavy atom. The first-order valence-corrected chi connectivity index (χ1v) is 12.2. The third kappa shape index (κ3) is 9.90. The fraction of sp³-hybridized carbons (Fsp3) is 0.429. The number of hydrogen-bond acceptors (Lipinski definition) is 5. The van der Waals surface area contributed by atoms with Gasteiger partial charge in [0.2, 0.25) is 11.8 Å². The Hall–Kier alpha value is -3.68. The van der Waals surface area contributed by atoms with E-state index in [1.807, 2.05) is 42.5 Å². The monoisotopic (exact) mass is 495 g/mol. The second-order valence-corrected chi connectivity index (χ2v) is 9.62. The summed E-state index contributed by atoms with van der Waals surface area (Å²) in [5.41, 5.74) is 2.62. The van der Waals surface area contributed by atoms with Crippen LogP contribution in [0.15, 0.2) is 54.6 Å². The molecule has 0 saturated carbocycles. The average Bonchev–Trinajstić information content (AvgIpc) is 2.86. The van der Waals surface area contributed by atoms with E-state index < -0.39 is 12.0 Å². The SMILES string of the molecule is COC(=O)C(Cc1ccccc1)NC(=O)CCCNC(=O)CCNC(=O)c1ccc(C(C)(C)C)cc1. The number of amides is 3. The van der Waals surface area contributed by atoms with Crippen LogP contribution in [0.2, 0.25) is 0 Å². The molecule has 8 nitrogen and oxygen atoms in total. The summed E-state index contributed by atoms with van der Waals surface area (Å²) >= 11 is 0. The number of nitrogens with one attached hydrogen (secondary N) is 3. The van der Waals surface area contributed by atoms with Crippen molar-refractivity contribution in [1.29, 1.82) is 0 Å². The predicted molar refractivity (Wildman–Crippen MR) is 138 cm³/mol. The predicted octanol–water partition coefficient (Wildman–Crippen LogP) is 2.90. The molecule has 2 rings (SSSR count). The molecule has 0 radical (unpaired) electrons. The number of rotatable bonds is 12. The van der Waals surface area contributed by atoms with Crippen LogP contribution in [0.3, 0.4) is 0 Å². The molecule has 0 bridgehead atoms. The van der Waals surface area contributed by atoms with Gasteiger partial charge < -0.3 is 20.7 Å². The topological polar surface area (TPSA) is 114 Å². The fourth-order valence-corrected chi connectivity index (χ4v) is 3.53. The molecule has 0 aliphatic rings. The molecule has 3 amide bonds. The average molecular weight is 496 g/mol. The van der Waals surface area contributed by atoms with E-state index >= 15 is 0 Å². The smallest absolute Gasteiger partial charge is 0.328 e. The maximum Gasteiger partial charge on any atom is 0.328 e. The van der Waals surface area contributed by atoms with Crippen molar-refractivity contribution < 1.29 is 23.9 Å². The first-order chi connectivity index (χ1) is 17.1. The van der Waals surface area contributed by atoms with Gasteiger partial charge in [0, 0.05) is 37.9 Å². The third-order valence-electron chi connectivity index (χ3n) is 5.66. The number of hydrogen-bond donors (Lipinski definition) is 3. The van der Waals surface area contributed by atoms with Gasteiger partial charge in [-0.15, -0.1) is 0 Å². The van der Waals surface area contributed by atoms with Crippen LogP contribution in [-0.4, -0.2) is 49.9 Å². The quantitative estimate of drug-likeness (QED) is 0.310. The van der Waals surface area contributed by atoms with E-state index in [1.54, 1.807) is 12.1 Å². The molecular weight excluding hydrogens is 458 g/mol. The highest BCUT2D eigenvalue weighted by atomic mass is 16.5. The van der Waals surface area contributed by atoms with Crippen molar-refractivity contribution in [2.75, 3.05) is 20.2 Å². The van der Waals surface area contributed by atoms with Gasteiger partial charge in [-0.3, -0.25) is 14.4 Å². The van der Waals surface area contributed by atoms with Crippen LogP contribution in [0.5, 0.6) is 0 Å². The standard InChI is InChI=1S/C28H37N3O5/c1-28(2,3)22-14-12-21(13-15-22)26(34)30-18-16-24(32)29-17-8-11-25(33)31-23(27(35)36-4)19-20-9-6-5-7-10-20/h5-7,9-10,12-15,23H,8,11,16-19H2,1-4H3,(H,29,32)(H,30,34)(H,31,33). The van der Waals surface area contributed by atoms with Crippen molar-refractivity contribution in [2.24, 2.45) is 0 Å². The minimum absolute atomic E-state index is 0.0129. The van der Waals surface area contributed by atoms with Crippen molar-refractivity contribution in [2.45, 2.75) is 57.9 Å². The summed E-state index contributed by atoms with van der Waals surface area (Å²) in [7, 11) is 1.28. The van der Waals surface area contributed by atoms with E-state index in [0.717, 1.165) is 11.1 Å². The van der Waals surface area contributed by atoms with E-state index in [4.69, 9.17) is 4.74 Å². The van der Waals surface area contributed by atoms with Crippen LogP contribution in [0, 0.1) is 0 Å². The fourth-order valence-electron chi connectivity index (χ4n) is 3.53. The molecule has 0 spiro atoms. The Balaban J connectivity index is 1.65. The van der Waals surface area contributed by atoms with Crippen molar-refractivity contribution in [1.82, 2.24) is 16.0 Å². The van der Waals surface area contributed by atoms with Gasteiger partial charge in [-0.25, -0.2) is 4.79 Å². The van der Waals surface area contributed by atoms with Gasteiger partial charge in [-0.1, -0.05) is 63.2 Å². The van der Waals surface area contributed by atoms with Crippen LogP contribution < -0.4 is 16.0 Å². The molecule has 0 saturated heterocycles. The zero-order chi connectivity index (χ0) is 26.6. The highest BCUT2D eigenvalue weighted by molar-refractivity contribution is 5.94. The Labute approximate surface area is 213 Å². The van der Waals surface area contributed by atoms with Crippen LogP contribution >= 0.6 is 0 Å². The van der Waals surface area contributed by atoms with Crippen LogP contribution in [0.1, 0.15) is 61.5 Å². The van der Waals surface area contributed by atoms with Crippen LogP contribution in [0.25, 0.3) is 0 Å². The van der Waals surface area contributed by atoms with E-state index in [9.17, 15) is 19.2 Å². The Kier molecular flexibility index (Phi) is 11.1. The van der Waals surface area contributed by atoms with Crippen LogP contribution in [-0.2, 0) is 31.0 Å². The summed E-state index contributed by atoms with van der Waals surface area (Å²) in [6, 6.07) is 16.0. The lowest BCUT2D eigenvalue weighted by molar-refractivity contribution is -0.145. The van der Waals surface area contributed by atoms with E-state index in [0.29, 0.717) is 24.9 Å². The van der Waals surface area contributed by atoms with Gasteiger partial charge in [0.05, 0.1) is 7.11 Å². The van der Waals surface area contributed by atoms with E-state index in [-0.39, 0.29) is 42.5 Å². The summed E-state index contributed by atoms with van der Waals surface area (Å²) in [4.78, 5) is 48.6. The van der Waals surface area contributed by atoms with Gasteiger partial charge in [0.1, 0.15) is 6.04 Å². The molecule has 8 heteroatoms. The maximum atomic E-state index is 12.3. The van der Waals surface area contributed by atoms with E-state index in [2.05, 4.69) is 36.7 Å². The molecule has 0 aliphatic carbocycles. The summed E-state index contributed by atoms with van der Waals surface area (Å²) in [5.74, 6) is -1.24.